The number of halogens is 1. The van der Waals surface area contributed by atoms with Crippen LogP contribution >= 0.6 is 0 Å². The fourth-order valence-electron chi connectivity index (χ4n) is 1.75. The van der Waals surface area contributed by atoms with Gasteiger partial charge in [0.2, 0.25) is 0 Å². The van der Waals surface area contributed by atoms with Crippen LogP contribution in [0.1, 0.15) is 18.9 Å². The van der Waals surface area contributed by atoms with Gasteiger partial charge in [-0.25, -0.2) is 4.39 Å². The summed E-state index contributed by atoms with van der Waals surface area (Å²) in [7, 11) is 0. The van der Waals surface area contributed by atoms with Crippen molar-refractivity contribution < 1.29 is 4.39 Å². The second-order valence-electron chi connectivity index (χ2n) is 3.81. The Morgan fingerprint density at radius 1 is 1.38 bits per heavy atom. The third-order valence-electron chi connectivity index (χ3n) is 2.51. The Balaban J connectivity index is 2.46. The van der Waals surface area contributed by atoms with Crippen molar-refractivity contribution in [3.8, 4) is 11.4 Å². The summed E-state index contributed by atoms with van der Waals surface area (Å²) < 4.78 is 15.0. The van der Waals surface area contributed by atoms with Crippen LogP contribution in [0.5, 0.6) is 0 Å². The van der Waals surface area contributed by atoms with Gasteiger partial charge in [-0.1, -0.05) is 6.92 Å². The molecular formula is C12H14FN3. The molecule has 0 aliphatic heterocycles. The summed E-state index contributed by atoms with van der Waals surface area (Å²) in [5.41, 5.74) is 1.82. The summed E-state index contributed by atoms with van der Waals surface area (Å²) >= 11 is 0. The average molecular weight is 219 g/mol. The molecule has 16 heavy (non-hydrogen) atoms. The fourth-order valence-corrected chi connectivity index (χ4v) is 1.75. The van der Waals surface area contributed by atoms with Gasteiger partial charge in [0.15, 0.2) is 5.82 Å². The molecule has 0 aliphatic carbocycles. The van der Waals surface area contributed by atoms with Crippen molar-refractivity contribution >= 4 is 0 Å². The van der Waals surface area contributed by atoms with Gasteiger partial charge in [0.1, 0.15) is 12.1 Å². The lowest BCUT2D eigenvalue weighted by Gasteiger charge is -2.07. The van der Waals surface area contributed by atoms with Crippen LogP contribution in [0.15, 0.2) is 24.5 Å². The molecule has 0 radical (unpaired) electrons. The third-order valence-corrected chi connectivity index (χ3v) is 2.51. The Labute approximate surface area is 93.9 Å². The van der Waals surface area contributed by atoms with Gasteiger partial charge in [-0.2, -0.15) is 0 Å². The van der Waals surface area contributed by atoms with E-state index in [0.717, 1.165) is 29.9 Å². The summed E-state index contributed by atoms with van der Waals surface area (Å²) in [5, 5.41) is 7.99. The highest BCUT2D eigenvalue weighted by atomic mass is 19.1. The molecule has 0 spiro atoms. The molecule has 0 aliphatic rings. The van der Waals surface area contributed by atoms with Crippen LogP contribution in [-0.2, 0) is 6.54 Å². The van der Waals surface area contributed by atoms with Gasteiger partial charge in [0, 0.05) is 12.1 Å². The first-order valence-corrected chi connectivity index (χ1v) is 5.36. The zero-order valence-corrected chi connectivity index (χ0v) is 9.44. The minimum Gasteiger partial charge on any atom is -0.314 e. The van der Waals surface area contributed by atoms with Gasteiger partial charge in [-0.15, -0.1) is 10.2 Å². The van der Waals surface area contributed by atoms with E-state index in [1.807, 2.05) is 11.5 Å². The lowest BCUT2D eigenvalue weighted by molar-refractivity contribution is 0.626. The molecule has 0 fully saturated rings. The molecule has 0 unspecified atom stereocenters. The maximum absolute atomic E-state index is 13.0. The normalized spacial score (nSPS) is 10.7. The second kappa shape index (κ2) is 4.43. The minimum absolute atomic E-state index is 0.220. The fraction of sp³-hybridized carbons (Fsp3) is 0.333. The van der Waals surface area contributed by atoms with E-state index in [2.05, 4.69) is 17.1 Å². The van der Waals surface area contributed by atoms with Crippen molar-refractivity contribution in [3.05, 3.63) is 35.9 Å². The van der Waals surface area contributed by atoms with Crippen LogP contribution in [-0.4, -0.2) is 14.8 Å². The van der Waals surface area contributed by atoms with E-state index in [9.17, 15) is 4.39 Å². The van der Waals surface area contributed by atoms with Gasteiger partial charge in [-0.3, -0.25) is 0 Å². The molecule has 0 bridgehead atoms. The van der Waals surface area contributed by atoms with Crippen LogP contribution in [0.4, 0.5) is 4.39 Å². The van der Waals surface area contributed by atoms with E-state index >= 15 is 0 Å². The Morgan fingerprint density at radius 2 is 2.19 bits per heavy atom. The Kier molecular flexibility index (Phi) is 2.99. The summed E-state index contributed by atoms with van der Waals surface area (Å²) in [6.07, 6.45) is 2.73. The standard InChI is InChI=1S/C12H14FN3/c1-3-6-16-8-14-15-12(16)11-5-4-10(13)7-9(11)2/h4-5,7-8H,3,6H2,1-2H3. The first-order chi connectivity index (χ1) is 7.72. The molecule has 0 atom stereocenters. The first-order valence-electron chi connectivity index (χ1n) is 5.36. The number of aryl methyl sites for hydroxylation is 2. The number of hydrogen-bond donors (Lipinski definition) is 0. The van der Waals surface area contributed by atoms with Crippen molar-refractivity contribution in [1.82, 2.24) is 14.8 Å². The Morgan fingerprint density at radius 3 is 2.88 bits per heavy atom. The molecule has 0 amide bonds. The second-order valence-corrected chi connectivity index (χ2v) is 3.81. The lowest BCUT2D eigenvalue weighted by atomic mass is 10.1. The number of hydrogen-bond acceptors (Lipinski definition) is 2. The minimum atomic E-state index is -0.220. The summed E-state index contributed by atoms with van der Waals surface area (Å²) in [5.74, 6) is 0.585. The molecule has 1 aromatic heterocycles. The van der Waals surface area contributed by atoms with Crippen molar-refractivity contribution in [1.29, 1.82) is 0 Å². The number of benzene rings is 1. The molecule has 0 saturated heterocycles. The van der Waals surface area contributed by atoms with Gasteiger partial charge >= 0.3 is 0 Å². The van der Waals surface area contributed by atoms with Crippen LogP contribution < -0.4 is 0 Å². The molecule has 0 saturated carbocycles. The van der Waals surface area contributed by atoms with Crippen molar-refractivity contribution in [2.75, 3.05) is 0 Å². The van der Waals surface area contributed by atoms with E-state index in [1.165, 1.54) is 12.1 Å². The van der Waals surface area contributed by atoms with Crippen molar-refractivity contribution in [2.24, 2.45) is 0 Å². The molecule has 4 heteroatoms. The van der Waals surface area contributed by atoms with Gasteiger partial charge in [-0.05, 0) is 37.1 Å². The highest BCUT2D eigenvalue weighted by molar-refractivity contribution is 5.59. The van der Waals surface area contributed by atoms with Crippen LogP contribution in [0.2, 0.25) is 0 Å². The number of nitrogens with zero attached hydrogens (tertiary/aromatic N) is 3. The molecule has 1 heterocycles. The molecule has 84 valence electrons. The Hall–Kier alpha value is -1.71. The van der Waals surface area contributed by atoms with Gasteiger partial charge in [0.05, 0.1) is 0 Å². The van der Waals surface area contributed by atoms with E-state index < -0.39 is 0 Å². The predicted molar refractivity (Wildman–Crippen MR) is 60.4 cm³/mol. The quantitative estimate of drug-likeness (QED) is 0.794. The molecule has 3 nitrogen and oxygen atoms in total. The highest BCUT2D eigenvalue weighted by Gasteiger charge is 2.09. The van der Waals surface area contributed by atoms with Crippen LogP contribution in [0.25, 0.3) is 11.4 Å². The lowest BCUT2D eigenvalue weighted by Crippen LogP contribution is -1.99. The zero-order chi connectivity index (χ0) is 11.5. The van der Waals surface area contributed by atoms with Crippen molar-refractivity contribution in [3.63, 3.8) is 0 Å². The maximum Gasteiger partial charge on any atom is 0.164 e. The van der Waals surface area contributed by atoms with Gasteiger partial charge in [0.25, 0.3) is 0 Å². The van der Waals surface area contributed by atoms with E-state index in [1.54, 1.807) is 12.4 Å². The molecule has 2 aromatic rings. The molecule has 2 rings (SSSR count). The molecular weight excluding hydrogens is 205 g/mol. The topological polar surface area (TPSA) is 30.7 Å². The highest BCUT2D eigenvalue weighted by Crippen LogP contribution is 2.21. The predicted octanol–water partition coefficient (Wildman–Crippen LogP) is 2.80. The maximum atomic E-state index is 13.0. The summed E-state index contributed by atoms with van der Waals surface area (Å²) in [4.78, 5) is 0. The Bertz CT molecular complexity index is 491. The SMILES string of the molecule is CCCn1cnnc1-c1ccc(F)cc1C. The monoisotopic (exact) mass is 219 g/mol. The molecule has 1 aromatic carbocycles. The van der Waals surface area contributed by atoms with Crippen molar-refractivity contribution in [2.45, 2.75) is 26.8 Å². The van der Waals surface area contributed by atoms with Gasteiger partial charge < -0.3 is 4.57 Å². The summed E-state index contributed by atoms with van der Waals surface area (Å²) in [6, 6.07) is 4.72. The number of rotatable bonds is 3. The van der Waals surface area contributed by atoms with Crippen LogP contribution in [0.3, 0.4) is 0 Å². The zero-order valence-electron chi connectivity index (χ0n) is 9.44. The van der Waals surface area contributed by atoms with Crippen LogP contribution in [0, 0.1) is 12.7 Å². The summed E-state index contributed by atoms with van der Waals surface area (Å²) in [6.45, 7) is 4.85. The van der Waals surface area contributed by atoms with E-state index in [4.69, 9.17) is 0 Å². The first kappa shape index (κ1) is 10.8. The smallest absolute Gasteiger partial charge is 0.164 e. The van der Waals surface area contributed by atoms with E-state index in [-0.39, 0.29) is 5.82 Å². The number of aromatic nitrogens is 3. The third kappa shape index (κ3) is 1.96. The van der Waals surface area contributed by atoms with E-state index in [0.29, 0.717) is 0 Å². The average Bonchev–Trinajstić information content (AvgIpc) is 2.67. The molecule has 0 N–H and O–H groups in total. The largest absolute Gasteiger partial charge is 0.314 e.